The van der Waals surface area contributed by atoms with E-state index >= 15 is 0 Å². The molecule has 2 aromatic heterocycles. The fourth-order valence-corrected chi connectivity index (χ4v) is 2.08. The van der Waals surface area contributed by atoms with E-state index in [-0.39, 0.29) is 0 Å². The highest BCUT2D eigenvalue weighted by molar-refractivity contribution is 5.73. The number of fused-ring (bicyclic) bond motifs is 1. The van der Waals surface area contributed by atoms with Crippen molar-refractivity contribution in [2.24, 2.45) is 0 Å². The molecule has 0 aromatic carbocycles. The van der Waals surface area contributed by atoms with Gasteiger partial charge in [0, 0.05) is 30.4 Å². The lowest BCUT2D eigenvalue weighted by Gasteiger charge is -2.33. The van der Waals surface area contributed by atoms with Crippen LogP contribution in [-0.2, 0) is 6.42 Å². The molecule has 0 fully saturated rings. The fraction of sp³-hybridized carbons (Fsp3) is 0.400. The molecule has 2 heterocycles. The maximum atomic E-state index is 11.3. The molecule has 1 N–H and O–H groups in total. The Bertz CT molecular complexity index is 620. The van der Waals surface area contributed by atoms with Crippen molar-refractivity contribution in [3.8, 4) is 0 Å². The topological polar surface area (TPSA) is 66.3 Å². The largest absolute Gasteiger partial charge is 0.465 e. The molecular weight excluding hydrogens is 254 g/mol. The van der Waals surface area contributed by atoms with E-state index in [0.29, 0.717) is 13.0 Å². The molecule has 106 valence electrons. The van der Waals surface area contributed by atoms with Gasteiger partial charge < -0.3 is 10.0 Å². The summed E-state index contributed by atoms with van der Waals surface area (Å²) < 4.78 is 0. The van der Waals surface area contributed by atoms with Crippen LogP contribution in [0.1, 0.15) is 26.5 Å². The Morgan fingerprint density at radius 1 is 1.25 bits per heavy atom. The third kappa shape index (κ3) is 3.23. The van der Waals surface area contributed by atoms with Crippen molar-refractivity contribution in [1.29, 1.82) is 0 Å². The van der Waals surface area contributed by atoms with Crippen LogP contribution in [-0.4, -0.2) is 38.2 Å². The zero-order valence-electron chi connectivity index (χ0n) is 12.0. The van der Waals surface area contributed by atoms with E-state index in [1.54, 1.807) is 6.20 Å². The Morgan fingerprint density at radius 3 is 2.65 bits per heavy atom. The fourth-order valence-electron chi connectivity index (χ4n) is 2.08. The summed E-state index contributed by atoms with van der Waals surface area (Å²) in [6, 6.07) is 7.57. The van der Waals surface area contributed by atoms with Gasteiger partial charge >= 0.3 is 6.09 Å². The van der Waals surface area contributed by atoms with Crippen LogP contribution < -0.4 is 0 Å². The lowest BCUT2D eigenvalue weighted by Crippen LogP contribution is -2.46. The minimum absolute atomic E-state index is 0.412. The molecule has 0 bridgehead atoms. The number of nitrogens with zero attached hydrogens (tertiary/aromatic N) is 3. The van der Waals surface area contributed by atoms with E-state index in [1.165, 1.54) is 4.90 Å². The highest BCUT2D eigenvalue weighted by Crippen LogP contribution is 2.15. The molecule has 5 heteroatoms. The minimum atomic E-state index is -0.903. The Morgan fingerprint density at radius 2 is 2.00 bits per heavy atom. The summed E-state index contributed by atoms with van der Waals surface area (Å²) >= 11 is 0. The van der Waals surface area contributed by atoms with E-state index in [0.717, 1.165) is 16.7 Å². The number of pyridine rings is 2. The quantitative estimate of drug-likeness (QED) is 0.933. The molecule has 0 aliphatic rings. The van der Waals surface area contributed by atoms with E-state index < -0.39 is 11.6 Å². The molecule has 0 atom stereocenters. The summed E-state index contributed by atoms with van der Waals surface area (Å²) in [7, 11) is 0. The van der Waals surface area contributed by atoms with Crippen LogP contribution in [0.5, 0.6) is 0 Å². The number of carbonyl (C=O) groups is 1. The van der Waals surface area contributed by atoms with Gasteiger partial charge in [-0.15, -0.1) is 0 Å². The van der Waals surface area contributed by atoms with Crippen LogP contribution in [0, 0.1) is 0 Å². The number of amides is 1. The normalized spacial score (nSPS) is 11.6. The Balaban J connectivity index is 2.14. The second kappa shape index (κ2) is 5.45. The zero-order chi connectivity index (χ0) is 14.8. The molecular formula is C15H19N3O2. The molecule has 0 aliphatic heterocycles. The molecule has 0 radical (unpaired) electrons. The third-order valence-electron chi connectivity index (χ3n) is 3.15. The lowest BCUT2D eigenvalue weighted by molar-refractivity contribution is 0.101. The number of aromatic nitrogens is 2. The highest BCUT2D eigenvalue weighted by atomic mass is 16.4. The smallest absolute Gasteiger partial charge is 0.407 e. The van der Waals surface area contributed by atoms with E-state index in [9.17, 15) is 9.90 Å². The van der Waals surface area contributed by atoms with Crippen molar-refractivity contribution in [3.63, 3.8) is 0 Å². The van der Waals surface area contributed by atoms with E-state index in [2.05, 4.69) is 9.97 Å². The second-order valence-corrected chi connectivity index (χ2v) is 5.70. The van der Waals surface area contributed by atoms with Gasteiger partial charge in [0.25, 0.3) is 0 Å². The first-order valence-electron chi connectivity index (χ1n) is 6.59. The number of hydrogen-bond acceptors (Lipinski definition) is 3. The summed E-state index contributed by atoms with van der Waals surface area (Å²) in [4.78, 5) is 21.4. The first-order valence-corrected chi connectivity index (χ1v) is 6.59. The monoisotopic (exact) mass is 273 g/mol. The Hall–Kier alpha value is -2.17. The van der Waals surface area contributed by atoms with Crippen molar-refractivity contribution in [1.82, 2.24) is 14.9 Å². The van der Waals surface area contributed by atoms with Crippen molar-refractivity contribution in [3.05, 3.63) is 36.2 Å². The predicted octanol–water partition coefficient (Wildman–Crippen LogP) is 2.95. The molecule has 20 heavy (non-hydrogen) atoms. The van der Waals surface area contributed by atoms with Crippen molar-refractivity contribution in [2.45, 2.75) is 32.7 Å². The van der Waals surface area contributed by atoms with Gasteiger partial charge in [0.05, 0.1) is 11.0 Å². The first kappa shape index (κ1) is 14.2. The van der Waals surface area contributed by atoms with Gasteiger partial charge in [-0.25, -0.2) is 4.79 Å². The first-order chi connectivity index (χ1) is 9.38. The summed E-state index contributed by atoms with van der Waals surface area (Å²) in [5, 5.41) is 9.25. The van der Waals surface area contributed by atoms with Crippen LogP contribution in [0.15, 0.2) is 30.5 Å². The summed E-state index contributed by atoms with van der Waals surface area (Å²) in [6.45, 7) is 6.09. The van der Waals surface area contributed by atoms with Crippen LogP contribution in [0.4, 0.5) is 4.79 Å². The van der Waals surface area contributed by atoms with Gasteiger partial charge in [-0.1, -0.05) is 0 Å². The predicted molar refractivity (Wildman–Crippen MR) is 77.7 cm³/mol. The number of rotatable bonds is 3. The van der Waals surface area contributed by atoms with E-state index in [1.807, 2.05) is 45.0 Å². The average molecular weight is 273 g/mol. The van der Waals surface area contributed by atoms with Gasteiger partial charge in [-0.05, 0) is 45.0 Å². The van der Waals surface area contributed by atoms with Crippen LogP contribution in [0.2, 0.25) is 0 Å². The summed E-state index contributed by atoms with van der Waals surface area (Å²) in [5.41, 5.74) is 2.15. The lowest BCUT2D eigenvalue weighted by atomic mass is 10.1. The van der Waals surface area contributed by atoms with E-state index in [4.69, 9.17) is 0 Å². The standard InChI is InChI=1S/C15H19N3O2/c1-15(2,3)18(14(19)20)10-8-11-6-7-12-13(17-11)5-4-9-16-12/h4-7,9H,8,10H2,1-3H3,(H,19,20). The maximum Gasteiger partial charge on any atom is 0.407 e. The number of carboxylic acid groups (broad SMARTS) is 1. The van der Waals surface area contributed by atoms with Gasteiger partial charge in [0.15, 0.2) is 0 Å². The highest BCUT2D eigenvalue weighted by Gasteiger charge is 2.25. The average Bonchev–Trinajstić information content (AvgIpc) is 2.36. The maximum absolute atomic E-state index is 11.3. The van der Waals surface area contributed by atoms with Gasteiger partial charge in [0.2, 0.25) is 0 Å². The van der Waals surface area contributed by atoms with Crippen molar-refractivity contribution < 1.29 is 9.90 Å². The summed E-state index contributed by atoms with van der Waals surface area (Å²) in [6.07, 6.45) is 1.42. The molecule has 2 aromatic rings. The van der Waals surface area contributed by atoms with Crippen molar-refractivity contribution >= 4 is 17.1 Å². The molecule has 5 nitrogen and oxygen atoms in total. The molecule has 0 aliphatic carbocycles. The van der Waals surface area contributed by atoms with Gasteiger partial charge in [-0.3, -0.25) is 9.97 Å². The Labute approximate surface area is 118 Å². The van der Waals surface area contributed by atoms with Crippen LogP contribution in [0.25, 0.3) is 11.0 Å². The molecule has 0 spiro atoms. The second-order valence-electron chi connectivity index (χ2n) is 5.70. The molecule has 1 amide bonds. The molecule has 2 rings (SSSR count). The van der Waals surface area contributed by atoms with Crippen LogP contribution in [0.3, 0.4) is 0 Å². The SMILES string of the molecule is CC(C)(C)N(CCc1ccc2ncccc2n1)C(=O)O. The minimum Gasteiger partial charge on any atom is -0.465 e. The van der Waals surface area contributed by atoms with Gasteiger partial charge in [0.1, 0.15) is 0 Å². The molecule has 0 unspecified atom stereocenters. The molecule has 0 saturated carbocycles. The zero-order valence-corrected chi connectivity index (χ0v) is 12.0. The molecule has 0 saturated heterocycles. The van der Waals surface area contributed by atoms with Crippen LogP contribution >= 0.6 is 0 Å². The van der Waals surface area contributed by atoms with Crippen molar-refractivity contribution in [2.75, 3.05) is 6.54 Å². The van der Waals surface area contributed by atoms with Gasteiger partial charge in [-0.2, -0.15) is 0 Å². The number of hydrogen-bond donors (Lipinski definition) is 1. The third-order valence-corrected chi connectivity index (χ3v) is 3.15. The summed E-state index contributed by atoms with van der Waals surface area (Å²) in [5.74, 6) is 0. The Kier molecular flexibility index (Phi) is 3.88.